The summed E-state index contributed by atoms with van der Waals surface area (Å²) in [6.45, 7) is 0. The number of nitriles is 1. The van der Waals surface area contributed by atoms with Crippen molar-refractivity contribution in [2.24, 2.45) is 0 Å². The van der Waals surface area contributed by atoms with Crippen LogP contribution in [0.5, 0.6) is 0 Å². The Morgan fingerprint density at radius 1 is 0.952 bits per heavy atom. The van der Waals surface area contributed by atoms with Crippen LogP contribution in [0.4, 0.5) is 0 Å². The van der Waals surface area contributed by atoms with Crippen molar-refractivity contribution in [1.82, 2.24) is 4.98 Å². The van der Waals surface area contributed by atoms with E-state index in [9.17, 15) is 5.26 Å². The predicted molar refractivity (Wildman–Crippen MR) is 87.3 cm³/mol. The zero-order valence-corrected chi connectivity index (χ0v) is 11.9. The average Bonchev–Trinajstić information content (AvgIpc) is 2.97. The van der Waals surface area contributed by atoms with Crippen LogP contribution in [-0.2, 0) is 0 Å². The smallest absolute Gasteiger partial charge is 0.101 e. The summed E-state index contributed by atoms with van der Waals surface area (Å²) in [7, 11) is 0. The second-order valence-corrected chi connectivity index (χ2v) is 5.91. The molecule has 0 aliphatic heterocycles. The molecular weight excluding hydrogens is 276 g/mol. The molecule has 0 radical (unpaired) electrons. The largest absolute Gasteiger partial charge is 0.253 e. The van der Waals surface area contributed by atoms with Crippen molar-refractivity contribution in [3.8, 4) is 16.6 Å². The van der Waals surface area contributed by atoms with Crippen molar-refractivity contribution in [2.75, 3.05) is 0 Å². The van der Waals surface area contributed by atoms with Crippen LogP contribution in [0.1, 0.15) is 5.56 Å². The fourth-order valence-corrected chi connectivity index (χ4v) is 3.65. The van der Waals surface area contributed by atoms with E-state index in [2.05, 4.69) is 29.3 Å². The van der Waals surface area contributed by atoms with E-state index in [1.165, 1.54) is 10.1 Å². The summed E-state index contributed by atoms with van der Waals surface area (Å²) >= 11 is 1.73. The summed E-state index contributed by atoms with van der Waals surface area (Å²) in [4.78, 5) is 5.67. The normalized spacial score (nSPS) is 10.8. The first-order chi connectivity index (χ1) is 10.4. The van der Waals surface area contributed by atoms with Crippen molar-refractivity contribution >= 4 is 32.2 Å². The lowest BCUT2D eigenvalue weighted by atomic mass is 10.0. The molecular formula is C18H10N2S. The van der Waals surface area contributed by atoms with Crippen molar-refractivity contribution < 1.29 is 0 Å². The van der Waals surface area contributed by atoms with Gasteiger partial charge in [-0.2, -0.15) is 5.26 Å². The molecule has 98 valence electrons. The molecule has 0 amide bonds. The number of aromatic nitrogens is 1. The number of rotatable bonds is 1. The van der Waals surface area contributed by atoms with E-state index in [-0.39, 0.29) is 0 Å². The van der Waals surface area contributed by atoms with Gasteiger partial charge in [0.2, 0.25) is 0 Å². The number of hydrogen-bond donors (Lipinski definition) is 0. The van der Waals surface area contributed by atoms with Crippen LogP contribution in [0.2, 0.25) is 0 Å². The monoisotopic (exact) mass is 286 g/mol. The summed E-state index contributed by atoms with van der Waals surface area (Å²) in [6, 6.07) is 20.7. The molecule has 4 aromatic rings. The average molecular weight is 286 g/mol. The molecule has 0 bridgehead atoms. The Balaban J connectivity index is 2.05. The first-order valence-corrected chi connectivity index (χ1v) is 7.45. The van der Waals surface area contributed by atoms with Gasteiger partial charge in [0, 0.05) is 21.7 Å². The van der Waals surface area contributed by atoms with Gasteiger partial charge in [-0.15, -0.1) is 11.3 Å². The zero-order chi connectivity index (χ0) is 14.2. The molecule has 2 aromatic heterocycles. The van der Waals surface area contributed by atoms with Gasteiger partial charge in [0.1, 0.15) is 6.07 Å². The highest BCUT2D eigenvalue weighted by Crippen LogP contribution is 2.36. The van der Waals surface area contributed by atoms with Gasteiger partial charge < -0.3 is 0 Å². The van der Waals surface area contributed by atoms with Crippen LogP contribution in [0.25, 0.3) is 31.4 Å². The Kier molecular flexibility index (Phi) is 2.70. The minimum absolute atomic E-state index is 0.621. The zero-order valence-electron chi connectivity index (χ0n) is 11.1. The topological polar surface area (TPSA) is 36.7 Å². The van der Waals surface area contributed by atoms with Crippen LogP contribution < -0.4 is 0 Å². The van der Waals surface area contributed by atoms with Crippen molar-refractivity contribution in [1.29, 1.82) is 5.26 Å². The third-order valence-electron chi connectivity index (χ3n) is 3.57. The summed E-state index contributed by atoms with van der Waals surface area (Å²) in [5, 5.41) is 12.4. The molecule has 0 saturated heterocycles. The van der Waals surface area contributed by atoms with E-state index in [4.69, 9.17) is 0 Å². The quantitative estimate of drug-likeness (QED) is 0.494. The first kappa shape index (κ1) is 12.1. The van der Waals surface area contributed by atoms with Crippen molar-refractivity contribution in [2.45, 2.75) is 0 Å². The lowest BCUT2D eigenvalue weighted by Crippen LogP contribution is -1.87. The van der Waals surface area contributed by atoms with Gasteiger partial charge in [-0.25, -0.2) is 0 Å². The molecule has 21 heavy (non-hydrogen) atoms. The molecule has 0 spiro atoms. The molecule has 0 unspecified atom stereocenters. The number of hydrogen-bond acceptors (Lipinski definition) is 3. The maximum absolute atomic E-state index is 9.22. The standard InChI is InChI=1S/C18H10N2S/c19-10-13-11-20-18(15-7-3-2-6-14(13)15)17-9-12-5-1-4-8-16(12)21-17/h1-9,11H. The molecule has 0 aliphatic carbocycles. The highest BCUT2D eigenvalue weighted by atomic mass is 32.1. The Labute approximate surface area is 125 Å². The van der Waals surface area contributed by atoms with E-state index in [0.717, 1.165) is 21.3 Å². The second-order valence-electron chi connectivity index (χ2n) is 4.83. The van der Waals surface area contributed by atoms with Gasteiger partial charge >= 0.3 is 0 Å². The van der Waals surface area contributed by atoms with Crippen molar-refractivity contribution in [3.05, 3.63) is 66.4 Å². The number of fused-ring (bicyclic) bond motifs is 2. The second kappa shape index (κ2) is 4.69. The molecule has 2 aromatic carbocycles. The maximum Gasteiger partial charge on any atom is 0.101 e. The fraction of sp³-hybridized carbons (Fsp3) is 0. The summed E-state index contributed by atoms with van der Waals surface area (Å²) < 4.78 is 1.25. The van der Waals surface area contributed by atoms with Crippen LogP contribution in [0, 0.1) is 11.3 Å². The Morgan fingerprint density at radius 3 is 2.52 bits per heavy atom. The van der Waals surface area contributed by atoms with Gasteiger partial charge in [0.05, 0.1) is 16.1 Å². The highest BCUT2D eigenvalue weighted by molar-refractivity contribution is 7.22. The van der Waals surface area contributed by atoms with Crippen LogP contribution in [0.3, 0.4) is 0 Å². The van der Waals surface area contributed by atoms with Crippen LogP contribution in [-0.4, -0.2) is 4.98 Å². The highest BCUT2D eigenvalue weighted by Gasteiger charge is 2.11. The van der Waals surface area contributed by atoms with E-state index in [1.807, 2.05) is 36.4 Å². The molecule has 2 heterocycles. The maximum atomic E-state index is 9.22. The molecule has 0 atom stereocenters. The Morgan fingerprint density at radius 2 is 1.71 bits per heavy atom. The molecule has 0 N–H and O–H groups in total. The van der Waals surface area contributed by atoms with Crippen LogP contribution >= 0.6 is 11.3 Å². The number of nitrogens with zero attached hydrogens (tertiary/aromatic N) is 2. The minimum Gasteiger partial charge on any atom is -0.253 e. The van der Waals surface area contributed by atoms with Gasteiger partial charge in [-0.1, -0.05) is 42.5 Å². The van der Waals surface area contributed by atoms with Gasteiger partial charge in [0.15, 0.2) is 0 Å². The number of thiophene rings is 1. The SMILES string of the molecule is N#Cc1cnc(-c2cc3ccccc3s2)c2ccccc12. The Bertz CT molecular complexity index is 976. The Hall–Kier alpha value is -2.70. The van der Waals surface area contributed by atoms with Gasteiger partial charge in [0.25, 0.3) is 0 Å². The van der Waals surface area contributed by atoms with Crippen molar-refractivity contribution in [3.63, 3.8) is 0 Å². The third kappa shape index (κ3) is 1.89. The van der Waals surface area contributed by atoms with E-state index < -0.39 is 0 Å². The van der Waals surface area contributed by atoms with Crippen LogP contribution in [0.15, 0.2) is 60.8 Å². The summed E-state index contributed by atoms with van der Waals surface area (Å²) in [6.07, 6.45) is 1.67. The lowest BCUT2D eigenvalue weighted by Gasteiger charge is -2.04. The van der Waals surface area contributed by atoms with Gasteiger partial charge in [-0.3, -0.25) is 4.98 Å². The van der Waals surface area contributed by atoms with E-state index in [1.54, 1.807) is 17.5 Å². The number of pyridine rings is 1. The molecule has 0 aliphatic rings. The fourth-order valence-electron chi connectivity index (χ4n) is 2.58. The van der Waals surface area contributed by atoms with E-state index in [0.29, 0.717) is 5.56 Å². The molecule has 4 rings (SSSR count). The van der Waals surface area contributed by atoms with Gasteiger partial charge in [-0.05, 0) is 17.5 Å². The number of benzene rings is 2. The van der Waals surface area contributed by atoms with E-state index >= 15 is 0 Å². The molecule has 2 nitrogen and oxygen atoms in total. The minimum atomic E-state index is 0.621. The first-order valence-electron chi connectivity index (χ1n) is 6.63. The summed E-state index contributed by atoms with van der Waals surface area (Å²) in [5.74, 6) is 0. The lowest BCUT2D eigenvalue weighted by molar-refractivity contribution is 1.35. The summed E-state index contributed by atoms with van der Waals surface area (Å²) in [5.41, 5.74) is 1.57. The molecule has 0 fully saturated rings. The molecule has 3 heteroatoms. The third-order valence-corrected chi connectivity index (χ3v) is 4.70. The molecule has 0 saturated carbocycles. The predicted octanol–water partition coefficient (Wildman–Crippen LogP) is 4.99.